The molecule has 0 aliphatic carbocycles. The maximum atomic E-state index is 10.3. The van der Waals surface area contributed by atoms with E-state index in [0.29, 0.717) is 5.75 Å². The average Bonchev–Trinajstić information content (AvgIpc) is 2.43. The Morgan fingerprint density at radius 3 is 1.23 bits per heavy atom. The molecule has 0 rings (SSSR count). The molecule has 0 fully saturated rings. The molecule has 9 N–H and O–H groups in total. The highest BCUT2D eigenvalue weighted by Gasteiger charge is 2.14. The van der Waals surface area contributed by atoms with Crippen molar-refractivity contribution in [2.45, 2.75) is 18.1 Å². The van der Waals surface area contributed by atoms with Crippen molar-refractivity contribution in [3.8, 4) is 0 Å². The molecule has 0 aliphatic rings. The zero-order valence-electron chi connectivity index (χ0n) is 11.3. The molecule has 0 amide bonds. The topological polar surface area (TPSA) is 190 Å². The summed E-state index contributed by atoms with van der Waals surface area (Å²) in [5.41, 5.74) is 15.5. The number of thiol groups is 1. The Kier molecular flexibility index (Phi) is 15.6. The van der Waals surface area contributed by atoms with Crippen LogP contribution in [0.2, 0.25) is 0 Å². The minimum Gasteiger partial charge on any atom is -0.480 e. The molecular formula is C9H19N3O6S4. The minimum absolute atomic E-state index is 0.229. The summed E-state index contributed by atoms with van der Waals surface area (Å²) in [5.74, 6) is -2.32. The Bertz CT molecular complexity index is 340. The first-order chi connectivity index (χ1) is 10.1. The van der Waals surface area contributed by atoms with Gasteiger partial charge in [-0.15, -0.1) is 11.7 Å². The average molecular weight is 394 g/mol. The lowest BCUT2D eigenvalue weighted by Crippen LogP contribution is -2.33. The largest absolute Gasteiger partial charge is 0.480 e. The summed E-state index contributed by atoms with van der Waals surface area (Å²) < 4.78 is 0. The SMILES string of the molecule is NC(CSS)C(=O)O.NC(CSSCC(N)C(=O)O)C(=O)O. The van der Waals surface area contributed by atoms with Crippen molar-refractivity contribution in [2.24, 2.45) is 17.2 Å². The number of carboxylic acid groups (broad SMARTS) is 3. The second-order valence-electron chi connectivity index (χ2n) is 3.70. The van der Waals surface area contributed by atoms with Crippen LogP contribution in [0.5, 0.6) is 0 Å². The normalized spacial score (nSPS) is 14.2. The van der Waals surface area contributed by atoms with Crippen LogP contribution in [0, 0.1) is 0 Å². The van der Waals surface area contributed by atoms with Gasteiger partial charge in [-0.05, 0) is 0 Å². The summed E-state index contributed by atoms with van der Waals surface area (Å²) in [6.07, 6.45) is 0. The number of hydrogen-bond acceptors (Lipinski definition) is 10. The second-order valence-corrected chi connectivity index (χ2v) is 7.62. The van der Waals surface area contributed by atoms with E-state index in [9.17, 15) is 14.4 Å². The van der Waals surface area contributed by atoms with E-state index in [1.54, 1.807) is 0 Å². The second kappa shape index (κ2) is 14.3. The Morgan fingerprint density at radius 2 is 1.05 bits per heavy atom. The van der Waals surface area contributed by atoms with E-state index in [-0.39, 0.29) is 11.5 Å². The molecule has 13 heteroatoms. The summed E-state index contributed by atoms with van der Waals surface area (Å²) in [4.78, 5) is 30.5. The molecule has 0 aliphatic heterocycles. The lowest BCUT2D eigenvalue weighted by atomic mass is 10.4. The molecule has 3 atom stereocenters. The summed E-state index contributed by atoms with van der Waals surface area (Å²) in [6, 6.07) is -2.63. The molecule has 0 spiro atoms. The van der Waals surface area contributed by atoms with E-state index in [1.807, 2.05) is 0 Å². The van der Waals surface area contributed by atoms with E-state index in [1.165, 1.54) is 21.6 Å². The van der Waals surface area contributed by atoms with Crippen LogP contribution >= 0.6 is 44.0 Å². The molecule has 0 bridgehead atoms. The first-order valence-corrected chi connectivity index (χ1v) is 10.1. The van der Waals surface area contributed by atoms with Crippen molar-refractivity contribution in [1.29, 1.82) is 0 Å². The molecule has 0 saturated carbocycles. The Morgan fingerprint density at radius 1 is 0.773 bits per heavy atom. The van der Waals surface area contributed by atoms with Gasteiger partial charge in [0.25, 0.3) is 0 Å². The molecule has 0 aromatic rings. The summed E-state index contributed by atoms with van der Waals surface area (Å²) in [6.45, 7) is 0. The Balaban J connectivity index is 0. The summed E-state index contributed by atoms with van der Waals surface area (Å²) in [7, 11) is 3.53. The van der Waals surface area contributed by atoms with Crippen LogP contribution in [0.25, 0.3) is 0 Å². The van der Waals surface area contributed by atoms with E-state index in [0.717, 1.165) is 10.8 Å². The third-order valence-electron chi connectivity index (χ3n) is 1.78. The lowest BCUT2D eigenvalue weighted by Gasteiger charge is -2.07. The number of carbonyl (C=O) groups is 3. The number of nitrogens with two attached hydrogens (primary N) is 3. The molecule has 0 aromatic heterocycles. The number of aliphatic carboxylic acids is 3. The molecule has 0 aromatic carbocycles. The summed E-state index contributed by atoms with van der Waals surface area (Å²) >= 11 is 3.73. The fourth-order valence-electron chi connectivity index (χ4n) is 0.537. The maximum Gasteiger partial charge on any atom is 0.321 e. The molecule has 130 valence electrons. The van der Waals surface area contributed by atoms with Crippen molar-refractivity contribution in [2.75, 3.05) is 17.3 Å². The third kappa shape index (κ3) is 14.6. The Hall–Kier alpha value is -0.310. The predicted octanol–water partition coefficient (Wildman–Crippen LogP) is -0.832. The van der Waals surface area contributed by atoms with Gasteiger partial charge in [0.05, 0.1) is 0 Å². The standard InChI is InChI=1S/C6H12N2O4S2.C3H7NO2S2/c7-3(5(9)10)1-13-14-2-4(8)6(11)12;4-2(1-8-7)3(5)6/h3-4H,1-2,7-8H2,(H,9,10)(H,11,12);2,7H,1,4H2,(H,5,6). The Labute approximate surface area is 144 Å². The molecule has 9 nitrogen and oxygen atoms in total. The van der Waals surface area contributed by atoms with E-state index in [4.69, 9.17) is 32.5 Å². The first-order valence-electron chi connectivity index (χ1n) is 5.59. The molecule has 0 heterocycles. The maximum absolute atomic E-state index is 10.3. The predicted molar refractivity (Wildman–Crippen MR) is 93.2 cm³/mol. The quantitative estimate of drug-likeness (QED) is 0.139. The van der Waals surface area contributed by atoms with Gasteiger partial charge in [-0.3, -0.25) is 14.4 Å². The van der Waals surface area contributed by atoms with Gasteiger partial charge in [-0.25, -0.2) is 0 Å². The van der Waals surface area contributed by atoms with Crippen LogP contribution in [-0.2, 0) is 14.4 Å². The van der Waals surface area contributed by atoms with Gasteiger partial charge in [-0.1, -0.05) is 32.4 Å². The van der Waals surface area contributed by atoms with E-state index < -0.39 is 36.0 Å². The smallest absolute Gasteiger partial charge is 0.321 e. The zero-order chi connectivity index (χ0) is 17.7. The van der Waals surface area contributed by atoms with Crippen molar-refractivity contribution in [1.82, 2.24) is 0 Å². The van der Waals surface area contributed by atoms with Crippen molar-refractivity contribution < 1.29 is 29.7 Å². The van der Waals surface area contributed by atoms with Gasteiger partial charge in [0, 0.05) is 17.3 Å². The number of rotatable bonds is 10. The van der Waals surface area contributed by atoms with Gasteiger partial charge in [-0.2, -0.15) is 0 Å². The highest BCUT2D eigenvalue weighted by atomic mass is 33.1. The number of carboxylic acids is 3. The van der Waals surface area contributed by atoms with Crippen molar-refractivity contribution in [3.05, 3.63) is 0 Å². The van der Waals surface area contributed by atoms with Crippen LogP contribution in [0.15, 0.2) is 0 Å². The van der Waals surface area contributed by atoms with E-state index in [2.05, 4.69) is 11.7 Å². The van der Waals surface area contributed by atoms with Gasteiger partial charge in [0.2, 0.25) is 0 Å². The van der Waals surface area contributed by atoms with Crippen LogP contribution in [0.1, 0.15) is 0 Å². The fourth-order valence-corrected chi connectivity index (χ4v) is 3.55. The van der Waals surface area contributed by atoms with Gasteiger partial charge < -0.3 is 32.5 Å². The van der Waals surface area contributed by atoms with Crippen LogP contribution in [-0.4, -0.2) is 68.6 Å². The van der Waals surface area contributed by atoms with Crippen LogP contribution in [0.4, 0.5) is 0 Å². The third-order valence-corrected chi connectivity index (χ3v) is 5.21. The zero-order valence-corrected chi connectivity index (χ0v) is 14.7. The fraction of sp³-hybridized carbons (Fsp3) is 0.667. The molecular weight excluding hydrogens is 374 g/mol. The highest BCUT2D eigenvalue weighted by Crippen LogP contribution is 2.22. The first kappa shape index (κ1) is 23.9. The van der Waals surface area contributed by atoms with Crippen LogP contribution in [0.3, 0.4) is 0 Å². The molecule has 0 saturated heterocycles. The van der Waals surface area contributed by atoms with Crippen molar-refractivity contribution >= 4 is 62.0 Å². The van der Waals surface area contributed by atoms with Gasteiger partial charge >= 0.3 is 17.9 Å². The van der Waals surface area contributed by atoms with Gasteiger partial charge in [0.15, 0.2) is 0 Å². The van der Waals surface area contributed by atoms with Crippen LogP contribution < -0.4 is 17.2 Å². The molecule has 3 unspecified atom stereocenters. The molecule has 22 heavy (non-hydrogen) atoms. The van der Waals surface area contributed by atoms with Crippen molar-refractivity contribution in [3.63, 3.8) is 0 Å². The lowest BCUT2D eigenvalue weighted by molar-refractivity contribution is -0.138. The highest BCUT2D eigenvalue weighted by molar-refractivity contribution is 8.76. The summed E-state index contributed by atoms with van der Waals surface area (Å²) in [5, 5.41) is 25.0. The number of hydrogen-bond donors (Lipinski definition) is 7. The monoisotopic (exact) mass is 393 g/mol. The molecule has 0 radical (unpaired) electrons. The minimum atomic E-state index is -1.07. The van der Waals surface area contributed by atoms with E-state index >= 15 is 0 Å². The van der Waals surface area contributed by atoms with Gasteiger partial charge in [0.1, 0.15) is 18.1 Å².